The molecule has 4 amide bonds. The van der Waals surface area contributed by atoms with Crippen molar-refractivity contribution in [3.63, 3.8) is 0 Å². The van der Waals surface area contributed by atoms with Crippen LogP contribution < -0.4 is 10.6 Å². The van der Waals surface area contributed by atoms with E-state index in [1.807, 2.05) is 20.8 Å². The average molecular weight is 241 g/mol. The Morgan fingerprint density at radius 2 is 1.88 bits per heavy atom. The van der Waals surface area contributed by atoms with E-state index in [9.17, 15) is 14.4 Å². The van der Waals surface area contributed by atoms with Gasteiger partial charge in [-0.1, -0.05) is 0 Å². The molecule has 0 aromatic carbocycles. The van der Waals surface area contributed by atoms with Gasteiger partial charge in [-0.05, 0) is 34.6 Å². The van der Waals surface area contributed by atoms with Crippen LogP contribution in [0, 0.1) is 0 Å². The number of carbonyl (C=O) groups is 3. The first-order valence-corrected chi connectivity index (χ1v) is 5.48. The molecule has 17 heavy (non-hydrogen) atoms. The first-order valence-electron chi connectivity index (χ1n) is 5.48. The smallest absolute Gasteiger partial charge is 0.325 e. The molecular formula is C11H19N3O3. The van der Waals surface area contributed by atoms with Crippen molar-refractivity contribution in [3.05, 3.63) is 0 Å². The summed E-state index contributed by atoms with van der Waals surface area (Å²) in [6.45, 7) is 8.65. The molecule has 1 saturated heterocycles. The standard InChI is InChI=1S/C11H19N3O3/c1-10(2,3)13-7(15)6-14-9(17)12-8(16)11(14,4)5/h6H2,1-5H3,(H,13,15)(H,12,16,17). The van der Waals surface area contributed by atoms with Gasteiger partial charge in [0.2, 0.25) is 5.91 Å². The lowest BCUT2D eigenvalue weighted by atomic mass is 10.0. The number of nitrogens with zero attached hydrogens (tertiary/aromatic N) is 1. The highest BCUT2D eigenvalue weighted by Gasteiger charge is 2.46. The zero-order valence-corrected chi connectivity index (χ0v) is 10.9. The fraction of sp³-hybridized carbons (Fsp3) is 0.727. The number of hydrogen-bond donors (Lipinski definition) is 2. The van der Waals surface area contributed by atoms with Crippen LogP contribution in [0.2, 0.25) is 0 Å². The second-order valence-corrected chi connectivity index (χ2v) is 5.70. The molecule has 0 spiro atoms. The van der Waals surface area contributed by atoms with Gasteiger partial charge in [0.1, 0.15) is 12.1 Å². The van der Waals surface area contributed by atoms with Crippen LogP contribution in [0.4, 0.5) is 4.79 Å². The zero-order chi connectivity index (χ0) is 13.4. The SMILES string of the molecule is CC(C)(C)NC(=O)CN1C(=O)NC(=O)C1(C)C. The highest BCUT2D eigenvalue weighted by Crippen LogP contribution is 2.20. The summed E-state index contributed by atoms with van der Waals surface area (Å²) in [6.07, 6.45) is 0. The molecular weight excluding hydrogens is 222 g/mol. The average Bonchev–Trinajstić information content (AvgIpc) is 2.26. The lowest BCUT2D eigenvalue weighted by Gasteiger charge is -2.29. The predicted octanol–water partition coefficient (Wildman–Crippen LogP) is 0.231. The fourth-order valence-corrected chi connectivity index (χ4v) is 1.56. The molecule has 0 atom stereocenters. The van der Waals surface area contributed by atoms with Crippen LogP contribution in [0.15, 0.2) is 0 Å². The van der Waals surface area contributed by atoms with Gasteiger partial charge in [-0.25, -0.2) is 4.79 Å². The molecule has 1 heterocycles. The van der Waals surface area contributed by atoms with E-state index in [1.54, 1.807) is 13.8 Å². The van der Waals surface area contributed by atoms with E-state index >= 15 is 0 Å². The number of imide groups is 1. The molecule has 1 aliphatic rings. The van der Waals surface area contributed by atoms with Crippen molar-refractivity contribution in [2.24, 2.45) is 0 Å². The maximum absolute atomic E-state index is 11.7. The molecule has 2 N–H and O–H groups in total. The van der Waals surface area contributed by atoms with Crippen LogP contribution >= 0.6 is 0 Å². The maximum atomic E-state index is 11.7. The molecule has 1 aliphatic heterocycles. The number of amides is 4. The predicted molar refractivity (Wildman–Crippen MR) is 62.2 cm³/mol. The molecule has 0 unspecified atom stereocenters. The van der Waals surface area contributed by atoms with Gasteiger partial charge in [-0.2, -0.15) is 0 Å². The highest BCUT2D eigenvalue weighted by molar-refractivity contribution is 6.07. The molecule has 6 nitrogen and oxygen atoms in total. The number of urea groups is 1. The number of hydrogen-bond acceptors (Lipinski definition) is 3. The third-order valence-corrected chi connectivity index (χ3v) is 2.51. The lowest BCUT2D eigenvalue weighted by molar-refractivity contribution is -0.127. The molecule has 6 heteroatoms. The monoisotopic (exact) mass is 241 g/mol. The zero-order valence-electron chi connectivity index (χ0n) is 10.9. The molecule has 0 radical (unpaired) electrons. The number of rotatable bonds is 2. The van der Waals surface area contributed by atoms with E-state index < -0.39 is 11.6 Å². The molecule has 0 aliphatic carbocycles. The molecule has 1 rings (SSSR count). The van der Waals surface area contributed by atoms with E-state index in [0.29, 0.717) is 0 Å². The van der Waals surface area contributed by atoms with Crippen LogP contribution in [-0.2, 0) is 9.59 Å². The minimum Gasteiger partial charge on any atom is -0.350 e. The Balaban J connectivity index is 2.72. The Kier molecular flexibility index (Phi) is 3.18. The third-order valence-electron chi connectivity index (χ3n) is 2.51. The van der Waals surface area contributed by atoms with Gasteiger partial charge < -0.3 is 10.2 Å². The Morgan fingerprint density at radius 3 is 2.24 bits per heavy atom. The number of nitrogens with one attached hydrogen (secondary N) is 2. The van der Waals surface area contributed by atoms with Crippen molar-refractivity contribution >= 4 is 17.8 Å². The van der Waals surface area contributed by atoms with Crippen molar-refractivity contribution in [2.75, 3.05) is 6.54 Å². The molecule has 0 saturated carbocycles. The van der Waals surface area contributed by atoms with Crippen molar-refractivity contribution in [2.45, 2.75) is 45.7 Å². The Hall–Kier alpha value is -1.59. The van der Waals surface area contributed by atoms with Crippen LogP contribution in [0.1, 0.15) is 34.6 Å². The molecule has 0 aromatic rings. The van der Waals surface area contributed by atoms with Crippen molar-refractivity contribution < 1.29 is 14.4 Å². The minimum atomic E-state index is -0.980. The van der Waals surface area contributed by atoms with E-state index in [-0.39, 0.29) is 23.9 Å². The summed E-state index contributed by atoms with van der Waals surface area (Å²) in [6, 6.07) is -0.524. The Labute approximate surface area is 101 Å². The lowest BCUT2D eigenvalue weighted by Crippen LogP contribution is -2.51. The van der Waals surface area contributed by atoms with Crippen molar-refractivity contribution in [1.29, 1.82) is 0 Å². The Morgan fingerprint density at radius 1 is 1.35 bits per heavy atom. The molecule has 0 aromatic heterocycles. The van der Waals surface area contributed by atoms with Gasteiger partial charge in [0, 0.05) is 5.54 Å². The maximum Gasteiger partial charge on any atom is 0.325 e. The van der Waals surface area contributed by atoms with Gasteiger partial charge in [-0.3, -0.25) is 14.9 Å². The van der Waals surface area contributed by atoms with Crippen LogP contribution in [0.25, 0.3) is 0 Å². The van der Waals surface area contributed by atoms with E-state index in [4.69, 9.17) is 0 Å². The Bertz CT molecular complexity index is 369. The number of carbonyl (C=O) groups excluding carboxylic acids is 3. The van der Waals surface area contributed by atoms with Gasteiger partial charge in [0.25, 0.3) is 5.91 Å². The summed E-state index contributed by atoms with van der Waals surface area (Å²) >= 11 is 0. The highest BCUT2D eigenvalue weighted by atomic mass is 16.2. The van der Waals surface area contributed by atoms with Crippen LogP contribution in [0.5, 0.6) is 0 Å². The first kappa shape index (κ1) is 13.5. The second-order valence-electron chi connectivity index (χ2n) is 5.70. The van der Waals surface area contributed by atoms with E-state index in [0.717, 1.165) is 0 Å². The summed E-state index contributed by atoms with van der Waals surface area (Å²) in [5, 5.41) is 4.94. The summed E-state index contributed by atoms with van der Waals surface area (Å²) in [4.78, 5) is 35.9. The second kappa shape index (κ2) is 4.01. The van der Waals surface area contributed by atoms with Gasteiger partial charge in [0.05, 0.1) is 0 Å². The fourth-order valence-electron chi connectivity index (χ4n) is 1.56. The van der Waals surface area contributed by atoms with E-state index in [2.05, 4.69) is 10.6 Å². The molecule has 0 bridgehead atoms. The van der Waals surface area contributed by atoms with Gasteiger partial charge >= 0.3 is 6.03 Å². The first-order chi connectivity index (χ1) is 7.54. The van der Waals surface area contributed by atoms with E-state index in [1.165, 1.54) is 4.90 Å². The van der Waals surface area contributed by atoms with Crippen LogP contribution in [0.3, 0.4) is 0 Å². The quantitative estimate of drug-likeness (QED) is 0.679. The third kappa shape index (κ3) is 2.95. The van der Waals surface area contributed by atoms with Gasteiger partial charge in [0.15, 0.2) is 0 Å². The molecule has 1 fully saturated rings. The van der Waals surface area contributed by atoms with Crippen molar-refractivity contribution in [1.82, 2.24) is 15.5 Å². The summed E-state index contributed by atoms with van der Waals surface area (Å²) in [5.74, 6) is -0.665. The van der Waals surface area contributed by atoms with Crippen molar-refractivity contribution in [3.8, 4) is 0 Å². The normalized spacial score (nSPS) is 19.2. The molecule has 96 valence electrons. The van der Waals surface area contributed by atoms with Gasteiger partial charge in [-0.15, -0.1) is 0 Å². The minimum absolute atomic E-state index is 0.123. The topological polar surface area (TPSA) is 78.5 Å². The summed E-state index contributed by atoms with van der Waals surface area (Å²) < 4.78 is 0. The summed E-state index contributed by atoms with van der Waals surface area (Å²) in [5.41, 5.74) is -1.34. The van der Waals surface area contributed by atoms with Crippen LogP contribution in [-0.4, -0.2) is 40.4 Å². The summed E-state index contributed by atoms with van der Waals surface area (Å²) in [7, 11) is 0. The largest absolute Gasteiger partial charge is 0.350 e.